The number of likely N-dealkylation sites (N-methyl/N-ethyl adjacent to an activating group) is 1. The summed E-state index contributed by atoms with van der Waals surface area (Å²) in [7, 11) is 2.20. The number of allylic oxidation sites excluding steroid dienone is 2. The third kappa shape index (κ3) is 3.54. The van der Waals surface area contributed by atoms with E-state index in [9.17, 15) is 0 Å². The molecule has 0 amide bonds. The first-order valence-corrected chi connectivity index (χ1v) is 9.48. The van der Waals surface area contributed by atoms with E-state index in [0.29, 0.717) is 0 Å². The molecular formula is C23H31N3. The summed E-state index contributed by atoms with van der Waals surface area (Å²) < 4.78 is 2.53. The Morgan fingerprint density at radius 1 is 1.31 bits per heavy atom. The fourth-order valence-corrected chi connectivity index (χ4v) is 4.08. The molecule has 26 heavy (non-hydrogen) atoms. The summed E-state index contributed by atoms with van der Waals surface area (Å²) in [6.45, 7) is 15.3. The Bertz CT molecular complexity index is 914. The van der Waals surface area contributed by atoms with E-state index in [0.717, 1.165) is 31.6 Å². The van der Waals surface area contributed by atoms with Gasteiger partial charge in [-0.1, -0.05) is 24.8 Å². The molecule has 3 heteroatoms. The smallest absolute Gasteiger partial charge is 0.0484 e. The van der Waals surface area contributed by atoms with Crippen LogP contribution in [0.4, 0.5) is 0 Å². The fraction of sp³-hybridized carbons (Fsp3) is 0.435. The molecule has 3 nitrogen and oxygen atoms in total. The molecule has 0 N–H and O–H groups in total. The maximum Gasteiger partial charge on any atom is 0.0484 e. The lowest BCUT2D eigenvalue weighted by atomic mass is 9.94. The van der Waals surface area contributed by atoms with Crippen LogP contribution in [0.3, 0.4) is 0 Å². The van der Waals surface area contributed by atoms with Crippen LogP contribution in [0, 0.1) is 6.92 Å². The first kappa shape index (κ1) is 18.7. The van der Waals surface area contributed by atoms with Crippen LogP contribution in [-0.2, 0) is 24.9 Å². The van der Waals surface area contributed by atoms with Gasteiger partial charge in [-0.3, -0.25) is 4.98 Å². The number of hydrogen-bond acceptors (Lipinski definition) is 2. The van der Waals surface area contributed by atoms with Gasteiger partial charge in [0.2, 0.25) is 0 Å². The van der Waals surface area contributed by atoms with Crippen LogP contribution in [0.25, 0.3) is 12.7 Å². The highest BCUT2D eigenvalue weighted by molar-refractivity contribution is 5.42. The molecule has 0 aliphatic carbocycles. The minimum atomic E-state index is -0.0530. The van der Waals surface area contributed by atoms with E-state index in [-0.39, 0.29) is 5.54 Å². The number of rotatable bonds is 4. The zero-order valence-electron chi connectivity index (χ0n) is 16.8. The molecule has 0 radical (unpaired) electrons. The summed E-state index contributed by atoms with van der Waals surface area (Å²) in [6.07, 6.45) is 10.5. The first-order valence-electron chi connectivity index (χ1n) is 9.48. The Balaban J connectivity index is 2.15. The number of nitrogens with zero attached hydrogens (tertiary/aromatic N) is 3. The summed E-state index contributed by atoms with van der Waals surface area (Å²) in [5.74, 6) is 0. The number of fused-ring (bicyclic) bond motifs is 1. The third-order valence-corrected chi connectivity index (χ3v) is 5.36. The van der Waals surface area contributed by atoms with Crippen LogP contribution in [0.1, 0.15) is 43.3 Å². The molecular weight excluding hydrogens is 318 g/mol. The Labute approximate surface area is 157 Å². The summed E-state index contributed by atoms with van der Waals surface area (Å²) in [5, 5.41) is 2.44. The Morgan fingerprint density at radius 3 is 2.73 bits per heavy atom. The molecule has 0 unspecified atom stereocenters. The number of aromatic nitrogens is 2. The molecule has 3 rings (SSSR count). The van der Waals surface area contributed by atoms with Crippen molar-refractivity contribution >= 4 is 12.7 Å². The second-order valence-corrected chi connectivity index (χ2v) is 8.10. The minimum absolute atomic E-state index is 0.0530. The lowest BCUT2D eigenvalue weighted by Gasteiger charge is -2.33. The lowest BCUT2D eigenvalue weighted by Crippen LogP contribution is -2.42. The number of aryl methyl sites for hydroxylation is 1. The van der Waals surface area contributed by atoms with Crippen LogP contribution >= 0.6 is 0 Å². The quantitative estimate of drug-likeness (QED) is 0.846. The highest BCUT2D eigenvalue weighted by Crippen LogP contribution is 2.25. The summed E-state index contributed by atoms with van der Waals surface area (Å²) in [4.78, 5) is 6.89. The van der Waals surface area contributed by atoms with Gasteiger partial charge in [0.15, 0.2) is 0 Å². The highest BCUT2D eigenvalue weighted by Gasteiger charge is 2.29. The van der Waals surface area contributed by atoms with Gasteiger partial charge in [-0.25, -0.2) is 0 Å². The second-order valence-electron chi connectivity index (χ2n) is 8.10. The van der Waals surface area contributed by atoms with Crippen molar-refractivity contribution in [3.05, 3.63) is 63.6 Å². The summed E-state index contributed by atoms with van der Waals surface area (Å²) >= 11 is 0. The molecule has 2 aromatic heterocycles. The van der Waals surface area contributed by atoms with Gasteiger partial charge in [0.1, 0.15) is 0 Å². The van der Waals surface area contributed by atoms with Crippen LogP contribution in [-0.4, -0.2) is 28.0 Å². The third-order valence-electron chi connectivity index (χ3n) is 5.36. The van der Waals surface area contributed by atoms with Gasteiger partial charge < -0.3 is 9.47 Å². The maximum atomic E-state index is 4.48. The number of hydrogen-bond donors (Lipinski definition) is 0. The normalized spacial score (nSPS) is 16.4. The molecule has 138 valence electrons. The van der Waals surface area contributed by atoms with Crippen LogP contribution < -0.4 is 10.6 Å². The molecule has 0 fully saturated rings. The average Bonchev–Trinajstić information content (AvgIpc) is 2.87. The molecule has 3 heterocycles. The first-order chi connectivity index (χ1) is 12.3. The Kier molecular flexibility index (Phi) is 5.19. The molecule has 0 saturated carbocycles. The molecule has 1 aliphatic heterocycles. The van der Waals surface area contributed by atoms with Gasteiger partial charge in [0.05, 0.1) is 0 Å². The van der Waals surface area contributed by atoms with Gasteiger partial charge in [-0.2, -0.15) is 0 Å². The Hall–Kier alpha value is -2.13. The van der Waals surface area contributed by atoms with Crippen LogP contribution in [0.2, 0.25) is 0 Å². The lowest BCUT2D eigenvalue weighted by molar-refractivity contribution is 0.271. The van der Waals surface area contributed by atoms with E-state index in [1.807, 2.05) is 13.1 Å². The van der Waals surface area contributed by atoms with Crippen LogP contribution in [0.15, 0.2) is 30.5 Å². The van der Waals surface area contributed by atoms with Gasteiger partial charge in [-0.15, -0.1) is 0 Å². The van der Waals surface area contributed by atoms with Gasteiger partial charge in [0, 0.05) is 41.6 Å². The molecule has 0 aromatic carbocycles. The van der Waals surface area contributed by atoms with Crippen molar-refractivity contribution in [1.82, 2.24) is 14.5 Å². The Morgan fingerprint density at radius 2 is 2.08 bits per heavy atom. The SMILES string of the molecule is C=c1c2c(n(C(C)(C)Cc3ccc(C)nc3)/c1=C/C=C\C)CN(C)CC2. The molecule has 0 bridgehead atoms. The largest absolute Gasteiger partial charge is 0.337 e. The van der Waals surface area contributed by atoms with E-state index in [1.165, 1.54) is 27.4 Å². The van der Waals surface area contributed by atoms with Gasteiger partial charge >= 0.3 is 0 Å². The van der Waals surface area contributed by atoms with Crippen molar-refractivity contribution in [1.29, 1.82) is 0 Å². The zero-order chi connectivity index (χ0) is 18.9. The predicted octanol–water partition coefficient (Wildman–Crippen LogP) is 2.92. The maximum absolute atomic E-state index is 4.48. The van der Waals surface area contributed by atoms with Crippen molar-refractivity contribution < 1.29 is 0 Å². The van der Waals surface area contributed by atoms with Crippen molar-refractivity contribution in [2.45, 2.75) is 52.6 Å². The van der Waals surface area contributed by atoms with Crippen molar-refractivity contribution in [3.63, 3.8) is 0 Å². The standard InChI is InChI=1S/C23H31N3/c1-7-8-9-21-18(3)20-12-13-25(6)16-22(20)26(21)23(4,5)14-19-11-10-17(2)24-15-19/h7-11,15H,3,12-14,16H2,1-2,4-6H3/b8-7-,21-9+. The van der Waals surface area contributed by atoms with Gasteiger partial charge in [-0.05, 0) is 76.1 Å². The highest BCUT2D eigenvalue weighted by atomic mass is 15.2. The predicted molar refractivity (Wildman–Crippen MR) is 111 cm³/mol. The minimum Gasteiger partial charge on any atom is -0.337 e. The summed E-state index contributed by atoms with van der Waals surface area (Å²) in [5.41, 5.74) is 5.14. The monoisotopic (exact) mass is 349 g/mol. The molecule has 2 aromatic rings. The second kappa shape index (κ2) is 7.24. The molecule has 0 atom stereocenters. The van der Waals surface area contributed by atoms with Gasteiger partial charge in [0.25, 0.3) is 0 Å². The molecule has 0 spiro atoms. The fourth-order valence-electron chi connectivity index (χ4n) is 4.08. The van der Waals surface area contributed by atoms with Crippen molar-refractivity contribution in [3.8, 4) is 0 Å². The van der Waals surface area contributed by atoms with Crippen molar-refractivity contribution in [2.24, 2.45) is 0 Å². The van der Waals surface area contributed by atoms with Crippen LogP contribution in [0.5, 0.6) is 0 Å². The summed E-state index contributed by atoms with van der Waals surface area (Å²) in [6, 6.07) is 4.30. The zero-order valence-corrected chi connectivity index (χ0v) is 16.8. The average molecular weight is 350 g/mol. The van der Waals surface area contributed by atoms with E-state index < -0.39 is 0 Å². The van der Waals surface area contributed by atoms with E-state index in [1.54, 1.807) is 0 Å². The number of pyridine rings is 1. The topological polar surface area (TPSA) is 21.1 Å². The molecule has 0 saturated heterocycles. The van der Waals surface area contributed by atoms with E-state index >= 15 is 0 Å². The molecule has 1 aliphatic rings. The van der Waals surface area contributed by atoms with E-state index in [4.69, 9.17) is 0 Å². The van der Waals surface area contributed by atoms with E-state index in [2.05, 4.69) is 79.2 Å². The van der Waals surface area contributed by atoms with Crippen molar-refractivity contribution in [2.75, 3.05) is 13.6 Å².